The summed E-state index contributed by atoms with van der Waals surface area (Å²) < 4.78 is 5.63. The average Bonchev–Trinajstić information content (AvgIpc) is 2.20. The molecule has 90 valence electrons. The quantitative estimate of drug-likeness (QED) is 0.753. The molecule has 15 heavy (non-hydrogen) atoms. The fraction of sp³-hybridized carbons (Fsp3) is 1.00. The van der Waals surface area contributed by atoms with Crippen LogP contribution in [0, 0.1) is 5.92 Å². The van der Waals surface area contributed by atoms with Crippen LogP contribution < -0.4 is 5.73 Å². The van der Waals surface area contributed by atoms with Crippen molar-refractivity contribution in [2.45, 2.75) is 45.8 Å². The Morgan fingerprint density at radius 2 is 2.20 bits per heavy atom. The van der Waals surface area contributed by atoms with Crippen LogP contribution in [-0.4, -0.2) is 43.3 Å². The molecule has 2 atom stereocenters. The molecule has 0 aliphatic carbocycles. The first-order chi connectivity index (χ1) is 7.13. The molecule has 2 unspecified atom stereocenters. The normalized spacial score (nSPS) is 28.6. The molecule has 1 heterocycles. The van der Waals surface area contributed by atoms with Gasteiger partial charge in [-0.1, -0.05) is 13.8 Å². The van der Waals surface area contributed by atoms with Crippen molar-refractivity contribution < 1.29 is 4.74 Å². The third-order valence-corrected chi connectivity index (χ3v) is 3.12. The van der Waals surface area contributed by atoms with E-state index in [-0.39, 0.29) is 6.10 Å². The van der Waals surface area contributed by atoms with Crippen LogP contribution >= 0.6 is 0 Å². The minimum absolute atomic E-state index is 0.250. The van der Waals surface area contributed by atoms with Gasteiger partial charge in [-0.15, -0.1) is 0 Å². The van der Waals surface area contributed by atoms with Crippen molar-refractivity contribution >= 4 is 0 Å². The highest BCUT2D eigenvalue weighted by Crippen LogP contribution is 2.13. The highest BCUT2D eigenvalue weighted by molar-refractivity contribution is 4.77. The molecule has 0 aromatic heterocycles. The van der Waals surface area contributed by atoms with Crippen molar-refractivity contribution in [1.29, 1.82) is 0 Å². The second kappa shape index (κ2) is 6.46. The van der Waals surface area contributed by atoms with Crippen LogP contribution in [-0.2, 0) is 4.74 Å². The van der Waals surface area contributed by atoms with Gasteiger partial charge < -0.3 is 10.5 Å². The van der Waals surface area contributed by atoms with Gasteiger partial charge in [-0.05, 0) is 32.2 Å². The predicted molar refractivity (Wildman–Crippen MR) is 63.9 cm³/mol. The summed E-state index contributed by atoms with van der Waals surface area (Å²) >= 11 is 0. The smallest absolute Gasteiger partial charge is 0.0824 e. The van der Waals surface area contributed by atoms with E-state index < -0.39 is 0 Å². The Hall–Kier alpha value is -0.120. The van der Waals surface area contributed by atoms with Crippen LogP contribution in [0.2, 0.25) is 0 Å². The third kappa shape index (κ3) is 4.49. The number of ether oxygens (including phenoxy) is 1. The lowest BCUT2D eigenvalue weighted by Gasteiger charge is -2.37. The number of morpholine rings is 1. The molecular formula is C12H26N2O. The first kappa shape index (κ1) is 12.9. The summed E-state index contributed by atoms with van der Waals surface area (Å²) in [6.07, 6.45) is 2.86. The fourth-order valence-corrected chi connectivity index (χ4v) is 2.03. The Morgan fingerprint density at radius 3 is 2.80 bits per heavy atom. The van der Waals surface area contributed by atoms with E-state index in [1.165, 1.54) is 19.4 Å². The maximum absolute atomic E-state index is 5.64. The molecule has 0 bridgehead atoms. The van der Waals surface area contributed by atoms with Crippen molar-refractivity contribution in [1.82, 2.24) is 4.90 Å². The Bertz CT molecular complexity index is 173. The summed E-state index contributed by atoms with van der Waals surface area (Å²) in [4.78, 5) is 2.52. The zero-order valence-corrected chi connectivity index (χ0v) is 10.4. The van der Waals surface area contributed by atoms with Gasteiger partial charge in [-0.25, -0.2) is 0 Å². The number of rotatable bonds is 5. The molecule has 1 aliphatic heterocycles. The van der Waals surface area contributed by atoms with Gasteiger partial charge in [-0.3, -0.25) is 4.90 Å². The van der Waals surface area contributed by atoms with E-state index in [1.54, 1.807) is 0 Å². The Balaban J connectivity index is 2.25. The number of hydrogen-bond acceptors (Lipinski definition) is 3. The van der Waals surface area contributed by atoms with Gasteiger partial charge in [-0.2, -0.15) is 0 Å². The van der Waals surface area contributed by atoms with Gasteiger partial charge in [0.25, 0.3) is 0 Å². The van der Waals surface area contributed by atoms with E-state index >= 15 is 0 Å². The molecule has 0 aromatic rings. The van der Waals surface area contributed by atoms with E-state index in [2.05, 4.69) is 25.7 Å². The summed E-state index contributed by atoms with van der Waals surface area (Å²) in [5.74, 6) is 0.812. The van der Waals surface area contributed by atoms with E-state index in [0.29, 0.717) is 12.6 Å². The Kier molecular flexibility index (Phi) is 5.58. The maximum Gasteiger partial charge on any atom is 0.0824 e. The predicted octanol–water partition coefficient (Wildman–Crippen LogP) is 1.47. The number of hydrogen-bond donors (Lipinski definition) is 1. The Labute approximate surface area is 94.0 Å². The molecule has 1 fully saturated rings. The van der Waals surface area contributed by atoms with E-state index in [4.69, 9.17) is 10.5 Å². The zero-order valence-electron chi connectivity index (χ0n) is 10.4. The topological polar surface area (TPSA) is 38.5 Å². The highest BCUT2D eigenvalue weighted by Gasteiger charge is 2.24. The van der Waals surface area contributed by atoms with Gasteiger partial charge in [0.1, 0.15) is 0 Å². The van der Waals surface area contributed by atoms with Crippen molar-refractivity contribution in [3.63, 3.8) is 0 Å². The SMILES string of the molecule is CC(C)CCCN1CC(CN)OCC1C. The molecular weight excluding hydrogens is 188 g/mol. The standard InChI is InChI=1S/C12H26N2O/c1-10(2)5-4-6-14-8-12(7-13)15-9-11(14)3/h10-12H,4-9,13H2,1-3H3. The monoisotopic (exact) mass is 214 g/mol. The molecule has 3 nitrogen and oxygen atoms in total. The minimum Gasteiger partial charge on any atom is -0.374 e. The van der Waals surface area contributed by atoms with Crippen molar-refractivity contribution in [2.75, 3.05) is 26.2 Å². The summed E-state index contributed by atoms with van der Waals surface area (Å²) in [5.41, 5.74) is 5.64. The van der Waals surface area contributed by atoms with Gasteiger partial charge >= 0.3 is 0 Å². The first-order valence-electron chi connectivity index (χ1n) is 6.19. The lowest BCUT2D eigenvalue weighted by atomic mass is 10.1. The van der Waals surface area contributed by atoms with Gasteiger partial charge in [0.05, 0.1) is 12.7 Å². The second-order valence-electron chi connectivity index (χ2n) is 5.07. The van der Waals surface area contributed by atoms with Crippen LogP contribution in [0.4, 0.5) is 0 Å². The van der Waals surface area contributed by atoms with Crippen LogP contribution in [0.3, 0.4) is 0 Å². The molecule has 0 aromatic carbocycles. The summed E-state index contributed by atoms with van der Waals surface area (Å²) in [6, 6.07) is 0.556. The second-order valence-corrected chi connectivity index (χ2v) is 5.07. The lowest BCUT2D eigenvalue weighted by molar-refractivity contribution is -0.0539. The molecule has 2 N–H and O–H groups in total. The zero-order chi connectivity index (χ0) is 11.3. The minimum atomic E-state index is 0.250. The molecule has 0 radical (unpaired) electrons. The molecule has 0 spiro atoms. The summed E-state index contributed by atoms with van der Waals surface area (Å²) in [5, 5.41) is 0. The third-order valence-electron chi connectivity index (χ3n) is 3.12. The van der Waals surface area contributed by atoms with E-state index in [0.717, 1.165) is 19.1 Å². The van der Waals surface area contributed by atoms with E-state index in [1.807, 2.05) is 0 Å². The van der Waals surface area contributed by atoms with Crippen LogP contribution in [0.15, 0.2) is 0 Å². The lowest BCUT2D eigenvalue weighted by Crippen LogP contribution is -2.50. The summed E-state index contributed by atoms with van der Waals surface area (Å²) in [6.45, 7) is 10.5. The van der Waals surface area contributed by atoms with Crippen molar-refractivity contribution in [3.05, 3.63) is 0 Å². The largest absolute Gasteiger partial charge is 0.374 e. The fourth-order valence-electron chi connectivity index (χ4n) is 2.03. The first-order valence-corrected chi connectivity index (χ1v) is 6.19. The van der Waals surface area contributed by atoms with Crippen LogP contribution in [0.1, 0.15) is 33.6 Å². The molecule has 0 saturated carbocycles. The van der Waals surface area contributed by atoms with E-state index in [9.17, 15) is 0 Å². The van der Waals surface area contributed by atoms with Gasteiger partial charge in [0.15, 0.2) is 0 Å². The molecule has 3 heteroatoms. The molecule has 1 saturated heterocycles. The molecule has 1 rings (SSSR count). The van der Waals surface area contributed by atoms with Gasteiger partial charge in [0, 0.05) is 19.1 Å². The Morgan fingerprint density at radius 1 is 1.47 bits per heavy atom. The van der Waals surface area contributed by atoms with Crippen molar-refractivity contribution in [2.24, 2.45) is 11.7 Å². The highest BCUT2D eigenvalue weighted by atomic mass is 16.5. The van der Waals surface area contributed by atoms with Crippen LogP contribution in [0.25, 0.3) is 0 Å². The molecule has 0 amide bonds. The average molecular weight is 214 g/mol. The number of nitrogens with zero attached hydrogens (tertiary/aromatic N) is 1. The maximum atomic E-state index is 5.64. The molecule has 1 aliphatic rings. The van der Waals surface area contributed by atoms with Gasteiger partial charge in [0.2, 0.25) is 0 Å². The summed E-state index contributed by atoms with van der Waals surface area (Å²) in [7, 11) is 0. The number of nitrogens with two attached hydrogens (primary N) is 1. The van der Waals surface area contributed by atoms with Crippen LogP contribution in [0.5, 0.6) is 0 Å². The van der Waals surface area contributed by atoms with Crippen molar-refractivity contribution in [3.8, 4) is 0 Å².